The van der Waals surface area contributed by atoms with Crippen LogP contribution in [0.15, 0.2) is 24.4 Å². The fraction of sp³-hybridized carbons (Fsp3) is 0.308. The van der Waals surface area contributed by atoms with Crippen molar-refractivity contribution in [3.8, 4) is 10.6 Å². The van der Waals surface area contributed by atoms with E-state index in [1.165, 1.54) is 24.2 Å². The highest BCUT2D eigenvalue weighted by Gasteiger charge is 2.20. The molecular formula is C13H12ClFN2S. The Bertz CT molecular complexity index is 566. The zero-order valence-electron chi connectivity index (χ0n) is 9.62. The number of benzene rings is 1. The van der Waals surface area contributed by atoms with Crippen LogP contribution in [0, 0.1) is 5.82 Å². The van der Waals surface area contributed by atoms with Crippen LogP contribution >= 0.6 is 22.9 Å². The van der Waals surface area contributed by atoms with E-state index in [0.717, 1.165) is 11.4 Å². The molecular weight excluding hydrogens is 271 g/mol. The molecule has 1 fully saturated rings. The van der Waals surface area contributed by atoms with Gasteiger partial charge in [0.05, 0.1) is 5.02 Å². The molecule has 0 spiro atoms. The van der Waals surface area contributed by atoms with E-state index in [9.17, 15) is 4.39 Å². The number of halogens is 2. The lowest BCUT2D eigenvalue weighted by Crippen LogP contribution is -2.14. The van der Waals surface area contributed by atoms with Crippen molar-refractivity contribution in [1.82, 2.24) is 10.3 Å². The Hall–Kier alpha value is -0.970. The molecule has 0 saturated heterocycles. The first-order chi connectivity index (χ1) is 8.74. The van der Waals surface area contributed by atoms with Gasteiger partial charge in [0.1, 0.15) is 5.01 Å². The molecule has 1 N–H and O–H groups in total. The van der Waals surface area contributed by atoms with Crippen molar-refractivity contribution in [3.05, 3.63) is 40.1 Å². The zero-order valence-corrected chi connectivity index (χ0v) is 11.2. The highest BCUT2D eigenvalue weighted by molar-refractivity contribution is 7.15. The summed E-state index contributed by atoms with van der Waals surface area (Å²) in [6, 6.07) is 5.66. The number of nitrogens with one attached hydrogen (secondary N) is 1. The monoisotopic (exact) mass is 282 g/mol. The van der Waals surface area contributed by atoms with Gasteiger partial charge in [-0.3, -0.25) is 0 Å². The summed E-state index contributed by atoms with van der Waals surface area (Å²) in [5.74, 6) is -0.393. The van der Waals surface area contributed by atoms with Gasteiger partial charge in [0.2, 0.25) is 0 Å². The summed E-state index contributed by atoms with van der Waals surface area (Å²) in [5, 5.41) is 4.24. The number of hydrogen-bond acceptors (Lipinski definition) is 3. The largest absolute Gasteiger partial charge is 0.309 e. The molecule has 5 heteroatoms. The SMILES string of the molecule is Fc1c(Cl)cccc1-c1ncc(CNC2CC2)s1. The predicted octanol–water partition coefficient (Wildman–Crippen LogP) is 3.85. The number of nitrogens with zero attached hydrogens (tertiary/aromatic N) is 1. The quantitative estimate of drug-likeness (QED) is 0.921. The van der Waals surface area contributed by atoms with E-state index >= 15 is 0 Å². The second kappa shape index (κ2) is 4.96. The minimum atomic E-state index is -0.393. The van der Waals surface area contributed by atoms with Gasteiger partial charge >= 0.3 is 0 Å². The van der Waals surface area contributed by atoms with Crippen LogP contribution in [0.25, 0.3) is 10.6 Å². The fourth-order valence-electron chi connectivity index (χ4n) is 1.72. The van der Waals surface area contributed by atoms with Crippen molar-refractivity contribution in [1.29, 1.82) is 0 Å². The normalized spacial score (nSPS) is 15.0. The van der Waals surface area contributed by atoms with Gasteiger partial charge in [0.25, 0.3) is 0 Å². The van der Waals surface area contributed by atoms with Crippen LogP contribution in [0.3, 0.4) is 0 Å². The van der Waals surface area contributed by atoms with Gasteiger partial charge in [-0.2, -0.15) is 0 Å². The molecule has 0 radical (unpaired) electrons. The molecule has 0 atom stereocenters. The predicted molar refractivity (Wildman–Crippen MR) is 72.4 cm³/mol. The number of thiazole rings is 1. The lowest BCUT2D eigenvalue weighted by Gasteiger charge is -2.00. The Morgan fingerprint density at radius 2 is 2.28 bits per heavy atom. The third-order valence-electron chi connectivity index (χ3n) is 2.88. The summed E-state index contributed by atoms with van der Waals surface area (Å²) < 4.78 is 13.8. The minimum Gasteiger partial charge on any atom is -0.309 e. The molecule has 2 nitrogen and oxygen atoms in total. The van der Waals surface area contributed by atoms with Crippen LogP contribution in [0.2, 0.25) is 5.02 Å². The summed E-state index contributed by atoms with van der Waals surface area (Å²) in [6.07, 6.45) is 4.32. The topological polar surface area (TPSA) is 24.9 Å². The average molecular weight is 283 g/mol. The maximum absolute atomic E-state index is 13.8. The summed E-state index contributed by atoms with van der Waals surface area (Å²) >= 11 is 7.28. The van der Waals surface area contributed by atoms with Crippen molar-refractivity contribution in [2.75, 3.05) is 0 Å². The number of hydrogen-bond donors (Lipinski definition) is 1. The second-order valence-corrected chi connectivity index (χ2v) is 5.91. The average Bonchev–Trinajstić information content (AvgIpc) is 3.08. The van der Waals surface area contributed by atoms with Crippen molar-refractivity contribution in [2.45, 2.75) is 25.4 Å². The summed E-state index contributed by atoms with van der Waals surface area (Å²) in [5.41, 5.74) is 0.477. The van der Waals surface area contributed by atoms with Gasteiger partial charge in [-0.15, -0.1) is 11.3 Å². The molecule has 1 aromatic carbocycles. The third-order valence-corrected chi connectivity index (χ3v) is 4.20. The molecule has 0 unspecified atom stereocenters. The molecule has 1 aromatic heterocycles. The lowest BCUT2D eigenvalue weighted by molar-refractivity contribution is 0.631. The van der Waals surface area contributed by atoms with Gasteiger partial charge in [0, 0.05) is 29.2 Å². The fourth-order valence-corrected chi connectivity index (χ4v) is 2.77. The molecule has 0 bridgehead atoms. The van der Waals surface area contributed by atoms with E-state index < -0.39 is 5.82 Å². The Morgan fingerprint density at radius 1 is 1.44 bits per heavy atom. The van der Waals surface area contributed by atoms with Crippen molar-refractivity contribution >= 4 is 22.9 Å². The molecule has 94 valence electrons. The van der Waals surface area contributed by atoms with Gasteiger partial charge in [-0.1, -0.05) is 17.7 Å². The Morgan fingerprint density at radius 3 is 3.06 bits per heavy atom. The Kier molecular flexibility index (Phi) is 3.33. The first kappa shape index (κ1) is 12.1. The van der Waals surface area contributed by atoms with E-state index in [-0.39, 0.29) is 5.02 Å². The summed E-state index contributed by atoms with van der Waals surface area (Å²) in [6.45, 7) is 0.810. The van der Waals surface area contributed by atoms with Crippen molar-refractivity contribution in [3.63, 3.8) is 0 Å². The van der Waals surface area contributed by atoms with Gasteiger partial charge < -0.3 is 5.32 Å². The molecule has 1 heterocycles. The lowest BCUT2D eigenvalue weighted by atomic mass is 10.2. The van der Waals surface area contributed by atoms with Crippen LogP contribution < -0.4 is 5.32 Å². The van der Waals surface area contributed by atoms with E-state index in [4.69, 9.17) is 11.6 Å². The number of aromatic nitrogens is 1. The maximum Gasteiger partial charge on any atom is 0.152 e. The first-order valence-electron chi connectivity index (χ1n) is 5.86. The Balaban J connectivity index is 1.80. The van der Waals surface area contributed by atoms with Crippen LogP contribution in [-0.4, -0.2) is 11.0 Å². The highest BCUT2D eigenvalue weighted by atomic mass is 35.5. The molecule has 1 aliphatic rings. The van der Waals surface area contributed by atoms with E-state index in [2.05, 4.69) is 10.3 Å². The maximum atomic E-state index is 13.8. The van der Waals surface area contributed by atoms with E-state index in [1.54, 1.807) is 24.4 Å². The van der Waals surface area contributed by atoms with Crippen LogP contribution in [0.1, 0.15) is 17.7 Å². The van der Waals surface area contributed by atoms with E-state index in [0.29, 0.717) is 16.6 Å². The van der Waals surface area contributed by atoms with Crippen molar-refractivity contribution < 1.29 is 4.39 Å². The molecule has 1 aliphatic carbocycles. The van der Waals surface area contributed by atoms with Crippen molar-refractivity contribution in [2.24, 2.45) is 0 Å². The highest BCUT2D eigenvalue weighted by Crippen LogP contribution is 2.31. The number of rotatable bonds is 4. The molecule has 1 saturated carbocycles. The third kappa shape index (κ3) is 2.55. The van der Waals surface area contributed by atoms with Gasteiger partial charge in [0.15, 0.2) is 5.82 Å². The van der Waals surface area contributed by atoms with Crippen LogP contribution in [0.5, 0.6) is 0 Å². The molecule has 0 amide bonds. The molecule has 18 heavy (non-hydrogen) atoms. The first-order valence-corrected chi connectivity index (χ1v) is 7.06. The summed E-state index contributed by atoms with van der Waals surface area (Å²) in [7, 11) is 0. The molecule has 0 aliphatic heterocycles. The second-order valence-electron chi connectivity index (χ2n) is 4.39. The Labute approximate surface area is 114 Å². The minimum absolute atomic E-state index is 0.139. The van der Waals surface area contributed by atoms with Gasteiger partial charge in [-0.25, -0.2) is 9.37 Å². The standard InChI is InChI=1S/C13H12ClFN2S/c14-11-3-1-2-10(12(11)15)13-17-7-9(18-13)6-16-8-4-5-8/h1-3,7-8,16H,4-6H2. The zero-order chi connectivity index (χ0) is 12.5. The smallest absolute Gasteiger partial charge is 0.152 e. The van der Waals surface area contributed by atoms with Gasteiger partial charge in [-0.05, 0) is 25.0 Å². The molecule has 2 aromatic rings. The van der Waals surface area contributed by atoms with Crippen LogP contribution in [-0.2, 0) is 6.54 Å². The molecule has 3 rings (SSSR count). The van der Waals surface area contributed by atoms with E-state index in [1.807, 2.05) is 0 Å². The summed E-state index contributed by atoms with van der Waals surface area (Å²) in [4.78, 5) is 5.39. The van der Waals surface area contributed by atoms with Crippen LogP contribution in [0.4, 0.5) is 4.39 Å².